The molecule has 24 heavy (non-hydrogen) atoms. The quantitative estimate of drug-likeness (QED) is 0.710. The van der Waals surface area contributed by atoms with E-state index in [1.165, 1.54) is 44.1 Å². The first kappa shape index (κ1) is 17.1. The molecule has 0 spiro atoms. The van der Waals surface area contributed by atoms with Gasteiger partial charge in [-0.1, -0.05) is 63.3 Å². The molecule has 0 saturated heterocycles. The normalized spacial score (nSPS) is 15.8. The molecule has 130 valence electrons. The summed E-state index contributed by atoms with van der Waals surface area (Å²) in [5, 5.41) is 0. The summed E-state index contributed by atoms with van der Waals surface area (Å²) in [5.74, 6) is 0. The molecule has 0 radical (unpaired) electrons. The van der Waals surface area contributed by atoms with Crippen LogP contribution in [0.25, 0.3) is 11.3 Å². The van der Waals surface area contributed by atoms with Gasteiger partial charge in [0.1, 0.15) is 0 Å². The van der Waals surface area contributed by atoms with Crippen molar-refractivity contribution in [1.29, 1.82) is 0 Å². The topological polar surface area (TPSA) is 37.8 Å². The molecule has 3 rings (SSSR count). The molecule has 3 nitrogen and oxygen atoms in total. The van der Waals surface area contributed by atoms with Gasteiger partial charge in [-0.15, -0.1) is 0 Å². The molecule has 1 aliphatic carbocycles. The van der Waals surface area contributed by atoms with Crippen LogP contribution in [-0.2, 0) is 6.42 Å². The van der Waals surface area contributed by atoms with E-state index in [0.29, 0.717) is 6.04 Å². The van der Waals surface area contributed by atoms with Crippen molar-refractivity contribution in [2.24, 2.45) is 0 Å². The summed E-state index contributed by atoms with van der Waals surface area (Å²) in [6.45, 7) is 4.26. The molecule has 1 N–H and O–H groups in total. The van der Waals surface area contributed by atoms with Crippen molar-refractivity contribution in [3.05, 3.63) is 46.0 Å². The van der Waals surface area contributed by atoms with Crippen LogP contribution in [0.2, 0.25) is 0 Å². The minimum atomic E-state index is 0.0569. The Labute approximate surface area is 145 Å². The van der Waals surface area contributed by atoms with Gasteiger partial charge in [0.15, 0.2) is 0 Å². The maximum absolute atomic E-state index is 12.5. The summed E-state index contributed by atoms with van der Waals surface area (Å²) in [7, 11) is 0. The second-order valence-electron chi connectivity index (χ2n) is 7.22. The van der Waals surface area contributed by atoms with Crippen molar-refractivity contribution in [3.8, 4) is 11.3 Å². The number of aryl methyl sites for hydroxylation is 2. The van der Waals surface area contributed by atoms with Gasteiger partial charge in [0.05, 0.1) is 5.69 Å². The van der Waals surface area contributed by atoms with Gasteiger partial charge in [0, 0.05) is 17.3 Å². The van der Waals surface area contributed by atoms with Crippen LogP contribution in [0.3, 0.4) is 0 Å². The summed E-state index contributed by atoms with van der Waals surface area (Å²) >= 11 is 0. The number of aromatic nitrogens is 2. The smallest absolute Gasteiger partial charge is 0.309 e. The Bertz CT molecular complexity index is 702. The fraction of sp³-hybridized carbons (Fsp3) is 0.571. The van der Waals surface area contributed by atoms with Gasteiger partial charge in [0.2, 0.25) is 0 Å². The lowest BCUT2D eigenvalue weighted by molar-refractivity contribution is 0.349. The summed E-state index contributed by atoms with van der Waals surface area (Å²) in [4.78, 5) is 15.5. The van der Waals surface area contributed by atoms with Crippen LogP contribution in [0.15, 0.2) is 29.1 Å². The number of hydrogen-bond acceptors (Lipinski definition) is 1. The van der Waals surface area contributed by atoms with Gasteiger partial charge in [-0.05, 0) is 38.2 Å². The summed E-state index contributed by atoms with van der Waals surface area (Å²) < 4.78 is 2.03. The van der Waals surface area contributed by atoms with Crippen LogP contribution >= 0.6 is 0 Å². The maximum Gasteiger partial charge on any atom is 0.326 e. The van der Waals surface area contributed by atoms with Crippen LogP contribution in [0, 0.1) is 6.92 Å². The molecule has 0 amide bonds. The lowest BCUT2D eigenvalue weighted by atomic mass is 9.94. The molecule has 0 aliphatic heterocycles. The van der Waals surface area contributed by atoms with Crippen LogP contribution < -0.4 is 5.69 Å². The zero-order valence-electron chi connectivity index (χ0n) is 15.1. The van der Waals surface area contributed by atoms with Crippen LogP contribution in [0.4, 0.5) is 0 Å². The third kappa shape index (κ3) is 3.66. The van der Waals surface area contributed by atoms with Crippen molar-refractivity contribution in [3.63, 3.8) is 0 Å². The number of imidazole rings is 1. The van der Waals surface area contributed by atoms with Gasteiger partial charge in [0.25, 0.3) is 0 Å². The standard InChI is InChI=1S/C21H30N2O/c1-3-4-6-9-17-12-14-18(15-13-17)20-16(2)22-21(24)23(20)19-10-7-5-8-11-19/h12-15,19H,3-11H2,1-2H3,(H,22,24). The molecule has 1 aromatic carbocycles. The molecular formula is C21H30N2O. The number of H-pyrrole nitrogens is 1. The Kier molecular flexibility index (Phi) is 5.60. The molecule has 2 aromatic rings. The Morgan fingerprint density at radius 1 is 1.08 bits per heavy atom. The highest BCUT2D eigenvalue weighted by Gasteiger charge is 2.22. The Hall–Kier alpha value is -1.77. The largest absolute Gasteiger partial charge is 0.326 e. The number of aromatic amines is 1. The molecule has 0 unspecified atom stereocenters. The molecule has 3 heteroatoms. The molecule has 1 saturated carbocycles. The van der Waals surface area contributed by atoms with E-state index < -0.39 is 0 Å². The summed E-state index contributed by atoms with van der Waals surface area (Å²) in [6, 6.07) is 9.20. The molecule has 1 fully saturated rings. The lowest BCUT2D eigenvalue weighted by Gasteiger charge is -2.24. The highest BCUT2D eigenvalue weighted by atomic mass is 16.1. The average molecular weight is 326 g/mol. The maximum atomic E-state index is 12.5. The Morgan fingerprint density at radius 3 is 2.46 bits per heavy atom. The van der Waals surface area contributed by atoms with Gasteiger partial charge < -0.3 is 4.98 Å². The summed E-state index contributed by atoms with van der Waals surface area (Å²) in [6.07, 6.45) is 11.0. The van der Waals surface area contributed by atoms with E-state index in [2.05, 4.69) is 36.2 Å². The summed E-state index contributed by atoms with van der Waals surface area (Å²) in [5.41, 5.74) is 4.69. The van der Waals surface area contributed by atoms with Gasteiger partial charge in [-0.2, -0.15) is 0 Å². The molecule has 0 atom stereocenters. The van der Waals surface area contributed by atoms with E-state index >= 15 is 0 Å². The number of hydrogen-bond donors (Lipinski definition) is 1. The lowest BCUT2D eigenvalue weighted by Crippen LogP contribution is -2.24. The van der Waals surface area contributed by atoms with Crippen molar-refractivity contribution in [2.75, 3.05) is 0 Å². The van der Waals surface area contributed by atoms with Crippen molar-refractivity contribution < 1.29 is 0 Å². The number of rotatable bonds is 6. The van der Waals surface area contributed by atoms with E-state index in [1.54, 1.807) is 0 Å². The number of benzene rings is 1. The number of nitrogens with zero attached hydrogens (tertiary/aromatic N) is 1. The van der Waals surface area contributed by atoms with Crippen LogP contribution in [0.1, 0.15) is 75.6 Å². The van der Waals surface area contributed by atoms with Crippen LogP contribution in [-0.4, -0.2) is 9.55 Å². The average Bonchev–Trinajstić information content (AvgIpc) is 2.90. The molecule has 1 aliphatic rings. The first-order valence-electron chi connectivity index (χ1n) is 9.61. The minimum Gasteiger partial charge on any atom is -0.309 e. The third-order valence-electron chi connectivity index (χ3n) is 5.35. The third-order valence-corrected chi connectivity index (χ3v) is 5.35. The highest BCUT2D eigenvalue weighted by molar-refractivity contribution is 5.62. The Morgan fingerprint density at radius 2 is 1.79 bits per heavy atom. The van der Waals surface area contributed by atoms with E-state index in [0.717, 1.165) is 36.2 Å². The first-order valence-corrected chi connectivity index (χ1v) is 9.61. The second kappa shape index (κ2) is 7.87. The van der Waals surface area contributed by atoms with E-state index in [4.69, 9.17) is 0 Å². The number of unbranched alkanes of at least 4 members (excludes halogenated alkanes) is 2. The Balaban J connectivity index is 1.87. The molecule has 1 aromatic heterocycles. The highest BCUT2D eigenvalue weighted by Crippen LogP contribution is 2.32. The zero-order valence-corrected chi connectivity index (χ0v) is 15.1. The molecular weight excluding hydrogens is 296 g/mol. The number of nitrogens with one attached hydrogen (secondary N) is 1. The SMILES string of the molecule is CCCCCc1ccc(-c2c(C)[nH]c(=O)n2C2CCCCC2)cc1. The van der Waals surface area contributed by atoms with Crippen molar-refractivity contribution in [1.82, 2.24) is 9.55 Å². The van der Waals surface area contributed by atoms with E-state index in [-0.39, 0.29) is 5.69 Å². The van der Waals surface area contributed by atoms with Crippen LogP contribution in [0.5, 0.6) is 0 Å². The molecule has 1 heterocycles. The second-order valence-corrected chi connectivity index (χ2v) is 7.22. The van der Waals surface area contributed by atoms with E-state index in [9.17, 15) is 4.79 Å². The fourth-order valence-corrected chi connectivity index (χ4v) is 4.01. The first-order chi connectivity index (χ1) is 11.7. The zero-order chi connectivity index (χ0) is 16.9. The van der Waals surface area contributed by atoms with Crippen molar-refractivity contribution in [2.45, 2.75) is 77.7 Å². The van der Waals surface area contributed by atoms with Gasteiger partial charge in [-0.25, -0.2) is 4.79 Å². The van der Waals surface area contributed by atoms with Gasteiger partial charge >= 0.3 is 5.69 Å². The van der Waals surface area contributed by atoms with Crippen molar-refractivity contribution >= 4 is 0 Å². The molecule has 0 bridgehead atoms. The predicted molar refractivity (Wildman–Crippen MR) is 101 cm³/mol. The minimum absolute atomic E-state index is 0.0569. The predicted octanol–water partition coefficient (Wildman–Crippen LogP) is 5.39. The monoisotopic (exact) mass is 326 g/mol. The van der Waals surface area contributed by atoms with E-state index in [1.807, 2.05) is 11.5 Å². The fourth-order valence-electron chi connectivity index (χ4n) is 4.01. The van der Waals surface area contributed by atoms with Gasteiger partial charge in [-0.3, -0.25) is 4.57 Å².